The van der Waals surface area contributed by atoms with Crippen LogP contribution in [0.1, 0.15) is 11.6 Å². The predicted molar refractivity (Wildman–Crippen MR) is 58.5 cm³/mol. The largest absolute Gasteiger partial charge is 0.383 e. The Labute approximate surface area is 94.7 Å². The topological polar surface area (TPSA) is 82.5 Å². The maximum absolute atomic E-state index is 5.61. The average Bonchev–Trinajstić information content (AvgIpc) is 2.43. The van der Waals surface area contributed by atoms with Crippen molar-refractivity contribution in [3.63, 3.8) is 0 Å². The van der Waals surface area contributed by atoms with Gasteiger partial charge in [-0.2, -0.15) is 9.67 Å². The molecule has 0 aromatic carbocycles. The van der Waals surface area contributed by atoms with E-state index in [0.717, 1.165) is 5.82 Å². The molecule has 0 aliphatic heterocycles. The van der Waals surface area contributed by atoms with E-state index >= 15 is 0 Å². The molecule has 0 radical (unpaired) electrons. The van der Waals surface area contributed by atoms with Crippen molar-refractivity contribution in [1.29, 1.82) is 0 Å². The second-order valence-corrected chi connectivity index (χ2v) is 3.85. The Morgan fingerprint density at radius 3 is 2.53 bits per heavy atom. The molecule has 0 amide bonds. The number of nitrogens with zero attached hydrogens (tertiary/aromatic N) is 5. The molecule has 0 aliphatic carbocycles. The highest BCUT2D eigenvalue weighted by molar-refractivity contribution is 9.10. The van der Waals surface area contributed by atoms with Crippen LogP contribution in [0.4, 0.5) is 5.82 Å². The van der Waals surface area contributed by atoms with Gasteiger partial charge in [0.15, 0.2) is 0 Å². The van der Waals surface area contributed by atoms with Gasteiger partial charge in [0.05, 0.1) is 0 Å². The molecular weight excluding hydrogens is 260 g/mol. The van der Waals surface area contributed by atoms with E-state index in [4.69, 9.17) is 5.73 Å². The van der Waals surface area contributed by atoms with E-state index in [1.165, 1.54) is 0 Å². The summed E-state index contributed by atoms with van der Waals surface area (Å²) in [7, 11) is 0. The summed E-state index contributed by atoms with van der Waals surface area (Å²) in [6, 6.07) is 1.63. The first-order chi connectivity index (χ1) is 7.06. The Balaban J connectivity index is 2.58. The fourth-order valence-corrected chi connectivity index (χ4v) is 1.62. The molecular formula is C8H9BrN6. The zero-order valence-electron chi connectivity index (χ0n) is 8.27. The first-order valence-corrected chi connectivity index (χ1v) is 5.06. The van der Waals surface area contributed by atoms with Crippen molar-refractivity contribution in [3.8, 4) is 5.95 Å². The van der Waals surface area contributed by atoms with E-state index in [-0.39, 0.29) is 0 Å². The van der Waals surface area contributed by atoms with Gasteiger partial charge in [-0.25, -0.2) is 9.97 Å². The molecule has 0 bridgehead atoms. The third kappa shape index (κ3) is 1.96. The smallest absolute Gasteiger partial charge is 0.255 e. The fourth-order valence-electron chi connectivity index (χ4n) is 1.23. The lowest BCUT2D eigenvalue weighted by molar-refractivity contribution is 0.770. The monoisotopic (exact) mass is 268 g/mol. The minimum Gasteiger partial charge on any atom is -0.383 e. The van der Waals surface area contributed by atoms with Crippen LogP contribution in [-0.2, 0) is 0 Å². The van der Waals surface area contributed by atoms with Gasteiger partial charge in [0.25, 0.3) is 5.95 Å². The summed E-state index contributed by atoms with van der Waals surface area (Å²) in [5, 5.41) is 4.17. The Hall–Kier alpha value is -1.50. The minimum absolute atomic E-state index is 0.388. The van der Waals surface area contributed by atoms with Crippen LogP contribution >= 0.6 is 15.9 Å². The Bertz CT molecular complexity index is 486. The molecule has 0 aliphatic rings. The minimum atomic E-state index is 0.388. The normalized spacial score (nSPS) is 10.6. The van der Waals surface area contributed by atoms with Crippen LogP contribution in [0.25, 0.3) is 5.95 Å². The van der Waals surface area contributed by atoms with Gasteiger partial charge in [-0.1, -0.05) is 0 Å². The van der Waals surface area contributed by atoms with E-state index in [1.54, 1.807) is 10.7 Å². The molecule has 78 valence electrons. The van der Waals surface area contributed by atoms with Crippen molar-refractivity contribution in [3.05, 3.63) is 22.3 Å². The third-order valence-corrected chi connectivity index (χ3v) is 2.17. The number of nitrogen functional groups attached to an aromatic ring is 1. The summed E-state index contributed by atoms with van der Waals surface area (Å²) in [5.74, 6) is 2.21. The maximum atomic E-state index is 5.61. The van der Waals surface area contributed by atoms with Crippen LogP contribution in [0.3, 0.4) is 0 Å². The average molecular weight is 269 g/mol. The van der Waals surface area contributed by atoms with Crippen LogP contribution in [0.15, 0.2) is 10.7 Å². The summed E-state index contributed by atoms with van der Waals surface area (Å²) in [5.41, 5.74) is 5.61. The number of rotatable bonds is 1. The molecule has 2 rings (SSSR count). The Kier molecular flexibility index (Phi) is 2.39. The number of aromatic nitrogens is 5. The van der Waals surface area contributed by atoms with Crippen molar-refractivity contribution in [2.45, 2.75) is 13.8 Å². The quantitative estimate of drug-likeness (QED) is 0.781. The molecule has 6 nitrogen and oxygen atoms in total. The second-order valence-electron chi connectivity index (χ2n) is 3.03. The Morgan fingerprint density at radius 1 is 1.27 bits per heavy atom. The molecule has 15 heavy (non-hydrogen) atoms. The van der Waals surface area contributed by atoms with E-state index in [0.29, 0.717) is 22.2 Å². The fraction of sp³-hybridized carbons (Fsp3) is 0.250. The zero-order valence-corrected chi connectivity index (χ0v) is 9.85. The summed E-state index contributed by atoms with van der Waals surface area (Å²) in [6.07, 6.45) is 0. The molecule has 2 aromatic rings. The molecule has 0 spiro atoms. The van der Waals surface area contributed by atoms with Gasteiger partial charge in [0.1, 0.15) is 22.1 Å². The summed E-state index contributed by atoms with van der Waals surface area (Å²) in [4.78, 5) is 12.4. The summed E-state index contributed by atoms with van der Waals surface area (Å²) in [6.45, 7) is 3.64. The molecule has 2 N–H and O–H groups in total. The van der Waals surface area contributed by atoms with Gasteiger partial charge >= 0.3 is 0 Å². The number of hydrogen-bond acceptors (Lipinski definition) is 5. The van der Waals surface area contributed by atoms with Gasteiger partial charge in [-0.15, -0.1) is 5.10 Å². The number of nitrogens with two attached hydrogens (primary N) is 1. The van der Waals surface area contributed by atoms with Gasteiger partial charge in [0, 0.05) is 6.07 Å². The van der Waals surface area contributed by atoms with E-state index in [9.17, 15) is 0 Å². The highest BCUT2D eigenvalue weighted by Gasteiger charge is 2.09. The SMILES string of the molecule is Cc1nc(C)n(-c2nc(N)cc(Br)n2)n1. The van der Waals surface area contributed by atoms with Gasteiger partial charge in [-0.05, 0) is 29.8 Å². The molecule has 0 saturated heterocycles. The lowest BCUT2D eigenvalue weighted by atomic mass is 10.6. The number of anilines is 1. The zero-order chi connectivity index (χ0) is 11.0. The van der Waals surface area contributed by atoms with E-state index < -0.39 is 0 Å². The number of hydrogen-bond donors (Lipinski definition) is 1. The number of aryl methyl sites for hydroxylation is 2. The van der Waals surface area contributed by atoms with Crippen molar-refractivity contribution >= 4 is 21.7 Å². The van der Waals surface area contributed by atoms with Crippen molar-refractivity contribution in [1.82, 2.24) is 24.7 Å². The van der Waals surface area contributed by atoms with Gasteiger partial charge in [-0.3, -0.25) is 0 Å². The summed E-state index contributed by atoms with van der Waals surface area (Å²) >= 11 is 3.25. The van der Waals surface area contributed by atoms with Crippen LogP contribution in [-0.4, -0.2) is 24.7 Å². The van der Waals surface area contributed by atoms with E-state index in [2.05, 4.69) is 36.0 Å². The highest BCUT2D eigenvalue weighted by Crippen LogP contribution is 2.12. The lowest BCUT2D eigenvalue weighted by Crippen LogP contribution is -2.07. The van der Waals surface area contributed by atoms with Crippen LogP contribution in [0, 0.1) is 13.8 Å². The van der Waals surface area contributed by atoms with Crippen LogP contribution < -0.4 is 5.73 Å². The van der Waals surface area contributed by atoms with Crippen molar-refractivity contribution < 1.29 is 0 Å². The maximum Gasteiger partial charge on any atom is 0.255 e. The van der Waals surface area contributed by atoms with Crippen molar-refractivity contribution in [2.24, 2.45) is 0 Å². The molecule has 0 fully saturated rings. The van der Waals surface area contributed by atoms with Crippen LogP contribution in [0.2, 0.25) is 0 Å². The number of halogens is 1. The van der Waals surface area contributed by atoms with Gasteiger partial charge in [0.2, 0.25) is 0 Å². The lowest BCUT2D eigenvalue weighted by Gasteiger charge is -2.02. The molecule has 0 atom stereocenters. The predicted octanol–water partition coefficient (Wildman–Crippen LogP) is 1.02. The van der Waals surface area contributed by atoms with Crippen molar-refractivity contribution in [2.75, 3.05) is 5.73 Å². The summed E-state index contributed by atoms with van der Waals surface area (Å²) < 4.78 is 2.17. The first-order valence-electron chi connectivity index (χ1n) is 4.27. The Morgan fingerprint density at radius 2 is 2.00 bits per heavy atom. The van der Waals surface area contributed by atoms with Crippen LogP contribution in [0.5, 0.6) is 0 Å². The van der Waals surface area contributed by atoms with E-state index in [1.807, 2.05) is 13.8 Å². The molecule has 2 aromatic heterocycles. The first kappa shape index (κ1) is 10.0. The highest BCUT2D eigenvalue weighted by atomic mass is 79.9. The molecule has 0 saturated carbocycles. The third-order valence-electron chi connectivity index (χ3n) is 1.77. The standard InChI is InChI=1S/C8H9BrN6/c1-4-11-5(2)15(14-4)8-12-6(9)3-7(10)13-8/h3H,1-2H3,(H2,10,12,13). The molecule has 0 unspecified atom stereocenters. The van der Waals surface area contributed by atoms with Gasteiger partial charge < -0.3 is 5.73 Å². The molecule has 7 heteroatoms. The molecule has 2 heterocycles. The second kappa shape index (κ2) is 3.58.